The Morgan fingerprint density at radius 1 is 1.42 bits per heavy atom. The van der Waals surface area contributed by atoms with E-state index >= 15 is 0 Å². The van der Waals surface area contributed by atoms with Crippen molar-refractivity contribution in [3.8, 4) is 5.75 Å². The molecule has 0 atom stereocenters. The zero-order valence-electron chi connectivity index (χ0n) is 10.1. The minimum absolute atomic E-state index is 0.172. The van der Waals surface area contributed by atoms with Gasteiger partial charge in [-0.25, -0.2) is 0 Å². The lowest BCUT2D eigenvalue weighted by atomic mass is 10.2. The molecule has 102 valence electrons. The standard InChI is InChI=1S/C13H13Cl2NO3/c14-10-3-9(6-17)13(11(15)4-10)19-7-12(18)16-5-8-1-2-8/h3-4,6,8H,1-2,5,7H2,(H,16,18). The third-order valence-electron chi connectivity index (χ3n) is 2.80. The summed E-state index contributed by atoms with van der Waals surface area (Å²) in [5.41, 5.74) is 0.229. The molecule has 2 rings (SSSR count). The Morgan fingerprint density at radius 3 is 2.79 bits per heavy atom. The first kappa shape index (κ1) is 14.2. The van der Waals surface area contributed by atoms with Gasteiger partial charge in [-0.2, -0.15) is 0 Å². The normalized spacial score (nSPS) is 14.0. The van der Waals surface area contributed by atoms with E-state index in [9.17, 15) is 9.59 Å². The van der Waals surface area contributed by atoms with Gasteiger partial charge in [-0.3, -0.25) is 9.59 Å². The van der Waals surface area contributed by atoms with Crippen LogP contribution in [0.15, 0.2) is 12.1 Å². The van der Waals surface area contributed by atoms with Crippen LogP contribution in [0.5, 0.6) is 5.75 Å². The maximum atomic E-state index is 11.5. The third-order valence-corrected chi connectivity index (χ3v) is 3.30. The molecule has 1 saturated carbocycles. The molecule has 0 bridgehead atoms. The highest BCUT2D eigenvalue weighted by atomic mass is 35.5. The molecular formula is C13H13Cl2NO3. The fraction of sp³-hybridized carbons (Fsp3) is 0.385. The van der Waals surface area contributed by atoms with Gasteiger partial charge in [0, 0.05) is 11.6 Å². The molecular weight excluding hydrogens is 289 g/mol. The lowest BCUT2D eigenvalue weighted by Gasteiger charge is -2.10. The van der Waals surface area contributed by atoms with E-state index in [-0.39, 0.29) is 28.8 Å². The number of hydrogen-bond donors (Lipinski definition) is 1. The van der Waals surface area contributed by atoms with Crippen LogP contribution < -0.4 is 10.1 Å². The Labute approximate surface area is 121 Å². The highest BCUT2D eigenvalue weighted by Gasteiger charge is 2.21. The number of halogens is 2. The molecule has 1 aromatic carbocycles. The van der Waals surface area contributed by atoms with E-state index in [1.807, 2.05) is 0 Å². The summed E-state index contributed by atoms with van der Waals surface area (Å²) in [7, 11) is 0. The van der Waals surface area contributed by atoms with Gasteiger partial charge < -0.3 is 10.1 Å². The van der Waals surface area contributed by atoms with E-state index in [0.717, 1.165) is 0 Å². The molecule has 0 spiro atoms. The molecule has 1 aliphatic rings. The van der Waals surface area contributed by atoms with Gasteiger partial charge in [-0.1, -0.05) is 23.2 Å². The van der Waals surface area contributed by atoms with Crippen LogP contribution in [0.1, 0.15) is 23.2 Å². The van der Waals surface area contributed by atoms with Crippen molar-refractivity contribution in [2.45, 2.75) is 12.8 Å². The van der Waals surface area contributed by atoms with Gasteiger partial charge >= 0.3 is 0 Å². The molecule has 0 heterocycles. The van der Waals surface area contributed by atoms with Crippen LogP contribution in [0.4, 0.5) is 0 Å². The molecule has 0 aromatic heterocycles. The first-order valence-electron chi connectivity index (χ1n) is 5.94. The van der Waals surface area contributed by atoms with Crippen LogP contribution in [0, 0.1) is 5.92 Å². The summed E-state index contributed by atoms with van der Waals surface area (Å²) in [6.07, 6.45) is 2.92. The van der Waals surface area contributed by atoms with Gasteiger partial charge in [0.2, 0.25) is 0 Å². The third kappa shape index (κ3) is 4.11. The molecule has 1 amide bonds. The number of amides is 1. The van der Waals surface area contributed by atoms with Crippen LogP contribution >= 0.6 is 23.2 Å². The number of benzene rings is 1. The van der Waals surface area contributed by atoms with Crippen molar-refractivity contribution < 1.29 is 14.3 Å². The topological polar surface area (TPSA) is 55.4 Å². The average molecular weight is 302 g/mol. The Hall–Kier alpha value is -1.26. The maximum absolute atomic E-state index is 11.5. The summed E-state index contributed by atoms with van der Waals surface area (Å²) in [5, 5.41) is 3.32. The molecule has 6 heteroatoms. The monoisotopic (exact) mass is 301 g/mol. The number of carbonyl (C=O) groups excluding carboxylic acids is 2. The van der Waals surface area contributed by atoms with Crippen LogP contribution in [0.2, 0.25) is 10.0 Å². The largest absolute Gasteiger partial charge is 0.481 e. The van der Waals surface area contributed by atoms with Crippen molar-refractivity contribution in [2.75, 3.05) is 13.2 Å². The first-order chi connectivity index (χ1) is 9.10. The van der Waals surface area contributed by atoms with Crippen molar-refractivity contribution >= 4 is 35.4 Å². The van der Waals surface area contributed by atoms with Crippen LogP contribution in [-0.2, 0) is 4.79 Å². The fourth-order valence-corrected chi connectivity index (χ4v) is 2.15. The van der Waals surface area contributed by atoms with Crippen molar-refractivity contribution in [3.05, 3.63) is 27.7 Å². The second-order valence-electron chi connectivity index (χ2n) is 4.46. The van der Waals surface area contributed by atoms with E-state index in [2.05, 4.69) is 5.32 Å². The SMILES string of the molecule is O=Cc1cc(Cl)cc(Cl)c1OCC(=O)NCC1CC1. The molecule has 0 saturated heterocycles. The minimum atomic E-state index is -0.227. The summed E-state index contributed by atoms with van der Waals surface area (Å²) < 4.78 is 5.29. The zero-order chi connectivity index (χ0) is 13.8. The number of ether oxygens (including phenoxy) is 1. The lowest BCUT2D eigenvalue weighted by molar-refractivity contribution is -0.123. The maximum Gasteiger partial charge on any atom is 0.257 e. The van der Waals surface area contributed by atoms with Gasteiger partial charge in [-0.15, -0.1) is 0 Å². The van der Waals surface area contributed by atoms with Crippen LogP contribution in [-0.4, -0.2) is 25.3 Å². The predicted molar refractivity (Wildman–Crippen MR) is 73.1 cm³/mol. The number of aldehydes is 1. The van der Waals surface area contributed by atoms with E-state index in [1.54, 1.807) is 0 Å². The van der Waals surface area contributed by atoms with Crippen molar-refractivity contribution in [1.29, 1.82) is 0 Å². The van der Waals surface area contributed by atoms with Gasteiger partial charge in [0.15, 0.2) is 12.9 Å². The van der Waals surface area contributed by atoms with Crippen molar-refractivity contribution in [2.24, 2.45) is 5.92 Å². The van der Waals surface area contributed by atoms with Gasteiger partial charge in [0.25, 0.3) is 5.91 Å². The van der Waals surface area contributed by atoms with Crippen LogP contribution in [0.3, 0.4) is 0 Å². The summed E-state index contributed by atoms with van der Waals surface area (Å²) in [6, 6.07) is 2.91. The van der Waals surface area contributed by atoms with Gasteiger partial charge in [0.05, 0.1) is 10.6 Å². The summed E-state index contributed by atoms with van der Waals surface area (Å²) in [4.78, 5) is 22.4. The molecule has 0 radical (unpaired) electrons. The number of carbonyl (C=O) groups is 2. The Balaban J connectivity index is 1.94. The van der Waals surface area contributed by atoms with Crippen molar-refractivity contribution in [1.82, 2.24) is 5.32 Å². The molecule has 1 fully saturated rings. The molecule has 1 aromatic rings. The molecule has 0 aliphatic heterocycles. The molecule has 1 N–H and O–H groups in total. The summed E-state index contributed by atoms with van der Waals surface area (Å²) >= 11 is 11.7. The highest BCUT2D eigenvalue weighted by Crippen LogP contribution is 2.31. The summed E-state index contributed by atoms with van der Waals surface area (Å²) in [5.74, 6) is 0.561. The highest BCUT2D eigenvalue weighted by molar-refractivity contribution is 6.36. The van der Waals surface area contributed by atoms with E-state index in [4.69, 9.17) is 27.9 Å². The Morgan fingerprint density at radius 2 is 2.16 bits per heavy atom. The van der Waals surface area contributed by atoms with Crippen LogP contribution in [0.25, 0.3) is 0 Å². The zero-order valence-corrected chi connectivity index (χ0v) is 11.6. The quantitative estimate of drug-likeness (QED) is 0.822. The van der Waals surface area contributed by atoms with E-state index < -0.39 is 0 Å². The fourth-order valence-electron chi connectivity index (χ4n) is 1.59. The van der Waals surface area contributed by atoms with Gasteiger partial charge in [0.1, 0.15) is 5.75 Å². The van der Waals surface area contributed by atoms with E-state index in [1.165, 1.54) is 25.0 Å². The second-order valence-corrected chi connectivity index (χ2v) is 5.30. The molecule has 19 heavy (non-hydrogen) atoms. The summed E-state index contributed by atoms with van der Waals surface area (Å²) in [6.45, 7) is 0.506. The second kappa shape index (κ2) is 6.26. The minimum Gasteiger partial charge on any atom is -0.481 e. The number of hydrogen-bond acceptors (Lipinski definition) is 3. The molecule has 1 aliphatic carbocycles. The van der Waals surface area contributed by atoms with Gasteiger partial charge in [-0.05, 0) is 30.9 Å². The van der Waals surface area contributed by atoms with E-state index in [0.29, 0.717) is 23.8 Å². The Bertz CT molecular complexity index is 501. The predicted octanol–water partition coefficient (Wildman–Crippen LogP) is 2.71. The Kier molecular flexibility index (Phi) is 4.66. The lowest BCUT2D eigenvalue weighted by Crippen LogP contribution is -2.30. The molecule has 4 nitrogen and oxygen atoms in total. The first-order valence-corrected chi connectivity index (χ1v) is 6.69. The number of nitrogens with one attached hydrogen (secondary N) is 1. The smallest absolute Gasteiger partial charge is 0.257 e. The van der Waals surface area contributed by atoms with Crippen molar-refractivity contribution in [3.63, 3.8) is 0 Å². The molecule has 0 unspecified atom stereocenters. The number of rotatable bonds is 6. The average Bonchev–Trinajstić information content (AvgIpc) is 3.18.